The van der Waals surface area contributed by atoms with Crippen molar-refractivity contribution >= 4 is 44.1 Å². The zero-order valence-corrected chi connectivity index (χ0v) is 21.2. The average Bonchev–Trinajstić information content (AvgIpc) is 3.73. The van der Waals surface area contributed by atoms with E-state index in [2.05, 4.69) is 9.97 Å². The summed E-state index contributed by atoms with van der Waals surface area (Å²) in [6.07, 6.45) is 0. The number of nitrogens with zero attached hydrogens (tertiary/aromatic N) is 6. The van der Waals surface area contributed by atoms with Gasteiger partial charge in [-0.1, -0.05) is 84.9 Å². The number of hydrogen-bond donors (Lipinski definition) is 2. The molecule has 0 amide bonds. The predicted molar refractivity (Wildman–Crippen MR) is 156 cm³/mol. The maximum Gasteiger partial charge on any atom is 0.164 e. The molecule has 0 saturated heterocycles. The molecule has 0 saturated carbocycles. The van der Waals surface area contributed by atoms with E-state index in [-0.39, 0.29) is 0 Å². The fourth-order valence-electron chi connectivity index (χ4n) is 5.65. The Hall–Kier alpha value is -5.83. The Balaban J connectivity index is 1.52. The van der Waals surface area contributed by atoms with Crippen LogP contribution in [0, 0.1) is 5.82 Å². The smallest absolute Gasteiger partial charge is 0.164 e. The Morgan fingerprint density at radius 3 is 1.29 bits per heavy atom. The number of nitrogens with one attached hydrogen (secondary N) is 2. The minimum absolute atomic E-state index is 0.326. The standard InChI is InChI=1S/C32H17FN8/c33-23-15-7-14-22-24(23)32-40-30-21-13-6-5-12-20(21)28(38-30)36-26-17-9-2-1-8-16(17)25(34-26)35-27-18-10-3-4-11-19(18)29(37-27)39-31(22)41-32/h1-15H,(H2,34,35,36,37,38,39,40,41). The Kier molecular flexibility index (Phi) is 4.35. The maximum atomic E-state index is 15.3. The highest BCUT2D eigenvalue weighted by Crippen LogP contribution is 2.36. The topological polar surface area (TPSA) is 109 Å². The van der Waals surface area contributed by atoms with Gasteiger partial charge in [-0.05, 0) is 6.07 Å². The molecule has 0 atom stereocenters. The highest BCUT2D eigenvalue weighted by molar-refractivity contribution is 6.06. The Morgan fingerprint density at radius 2 is 0.780 bits per heavy atom. The fourth-order valence-corrected chi connectivity index (χ4v) is 5.65. The average molecular weight is 533 g/mol. The van der Waals surface area contributed by atoms with Crippen LogP contribution in [0.25, 0.3) is 89.7 Å². The van der Waals surface area contributed by atoms with E-state index in [1.165, 1.54) is 6.07 Å². The first-order valence-corrected chi connectivity index (χ1v) is 13.1. The lowest BCUT2D eigenvalue weighted by atomic mass is 10.1. The number of benzene rings is 4. The van der Waals surface area contributed by atoms with Gasteiger partial charge in [0.15, 0.2) is 23.3 Å². The quantitative estimate of drug-likeness (QED) is 0.217. The van der Waals surface area contributed by atoms with E-state index in [4.69, 9.17) is 29.9 Å². The number of aromatic amines is 2. The van der Waals surface area contributed by atoms with Crippen molar-refractivity contribution in [2.45, 2.75) is 0 Å². The van der Waals surface area contributed by atoms with Crippen LogP contribution in [0.3, 0.4) is 0 Å². The molecule has 2 N–H and O–H groups in total. The largest absolute Gasteiger partial charge is 0.324 e. The molecule has 4 aromatic carbocycles. The monoisotopic (exact) mass is 532 g/mol. The van der Waals surface area contributed by atoms with Gasteiger partial charge in [-0.25, -0.2) is 34.3 Å². The number of halogens is 1. The lowest BCUT2D eigenvalue weighted by Crippen LogP contribution is -1.83. The summed E-state index contributed by atoms with van der Waals surface area (Å²) >= 11 is 0. The van der Waals surface area contributed by atoms with Crippen molar-refractivity contribution < 1.29 is 4.39 Å². The van der Waals surface area contributed by atoms with Gasteiger partial charge in [-0.15, -0.1) is 0 Å². The van der Waals surface area contributed by atoms with Crippen LogP contribution in [0.1, 0.15) is 0 Å². The highest BCUT2D eigenvalue weighted by atomic mass is 19.1. The molecule has 0 fully saturated rings. The first-order chi connectivity index (χ1) is 20.2. The van der Waals surface area contributed by atoms with Crippen molar-refractivity contribution in [3.63, 3.8) is 0 Å². The molecule has 0 spiro atoms. The summed E-state index contributed by atoms with van der Waals surface area (Å²) in [6, 6.07) is 28.4. The molecule has 2 aliphatic rings. The van der Waals surface area contributed by atoms with Crippen LogP contribution in [0.5, 0.6) is 0 Å². The van der Waals surface area contributed by atoms with Gasteiger partial charge in [-0.2, -0.15) is 0 Å². The van der Waals surface area contributed by atoms with Crippen LogP contribution in [0.2, 0.25) is 0 Å². The molecule has 41 heavy (non-hydrogen) atoms. The molecule has 192 valence electrons. The molecule has 8 bridgehead atoms. The minimum atomic E-state index is -0.404. The molecular formula is C32H17FN8. The fraction of sp³-hybridized carbons (Fsp3) is 0. The minimum Gasteiger partial charge on any atom is -0.324 e. The van der Waals surface area contributed by atoms with Crippen LogP contribution in [0.4, 0.5) is 4.39 Å². The van der Waals surface area contributed by atoms with E-state index in [9.17, 15) is 0 Å². The van der Waals surface area contributed by atoms with Crippen molar-refractivity contribution in [2.75, 3.05) is 0 Å². The van der Waals surface area contributed by atoms with Gasteiger partial charge in [0.2, 0.25) is 0 Å². The third-order valence-corrected chi connectivity index (χ3v) is 7.53. The third-order valence-electron chi connectivity index (χ3n) is 7.53. The number of hydrogen-bond acceptors (Lipinski definition) is 6. The summed E-state index contributed by atoms with van der Waals surface area (Å²) in [6.45, 7) is 0. The SMILES string of the molecule is Fc1cccc2c3nc4nc(nc5[nH]c(nc6nc(nc([nH]3)c12)-c1ccccc1-6)c1ccccc51)-c1ccccc1-4. The Bertz CT molecular complexity index is 2400. The summed E-state index contributed by atoms with van der Waals surface area (Å²) in [5.74, 6) is 1.54. The zero-order chi connectivity index (χ0) is 27.1. The molecule has 0 radical (unpaired) electrons. The van der Waals surface area contributed by atoms with Crippen molar-refractivity contribution in [2.24, 2.45) is 0 Å². The van der Waals surface area contributed by atoms with E-state index in [1.54, 1.807) is 6.07 Å². The normalized spacial score (nSPS) is 12.0. The van der Waals surface area contributed by atoms with E-state index in [0.717, 1.165) is 33.0 Å². The number of rotatable bonds is 0. The van der Waals surface area contributed by atoms with Gasteiger partial charge in [-0.3, -0.25) is 0 Å². The molecular weight excluding hydrogens is 515 g/mol. The summed E-state index contributed by atoms with van der Waals surface area (Å²) in [5.41, 5.74) is 5.37. The Labute approximate surface area is 230 Å². The highest BCUT2D eigenvalue weighted by Gasteiger charge is 2.22. The van der Waals surface area contributed by atoms with E-state index in [0.29, 0.717) is 56.7 Å². The number of fused-ring (bicyclic) bond motifs is 20. The first kappa shape index (κ1) is 22.0. The Morgan fingerprint density at radius 1 is 0.390 bits per heavy atom. The predicted octanol–water partition coefficient (Wildman–Crippen LogP) is 7.01. The molecule has 9 rings (SSSR count). The summed E-state index contributed by atoms with van der Waals surface area (Å²) in [7, 11) is 0. The molecule has 8 nitrogen and oxygen atoms in total. The van der Waals surface area contributed by atoms with Crippen LogP contribution >= 0.6 is 0 Å². The van der Waals surface area contributed by atoms with E-state index in [1.807, 2.05) is 78.9 Å². The first-order valence-electron chi connectivity index (χ1n) is 13.1. The van der Waals surface area contributed by atoms with Gasteiger partial charge in [0.05, 0.1) is 5.39 Å². The van der Waals surface area contributed by atoms with Crippen molar-refractivity contribution in [3.05, 3.63) is 96.8 Å². The van der Waals surface area contributed by atoms with Crippen LogP contribution in [-0.4, -0.2) is 39.9 Å². The molecule has 3 aromatic heterocycles. The number of H-pyrrole nitrogens is 2. The summed E-state index contributed by atoms with van der Waals surface area (Å²) in [4.78, 5) is 36.0. The maximum absolute atomic E-state index is 15.3. The molecule has 5 heterocycles. The molecule has 0 aliphatic carbocycles. The van der Waals surface area contributed by atoms with Crippen molar-refractivity contribution in [1.82, 2.24) is 39.9 Å². The molecule has 9 heteroatoms. The summed E-state index contributed by atoms with van der Waals surface area (Å²) < 4.78 is 15.3. The molecule has 7 aromatic rings. The van der Waals surface area contributed by atoms with Crippen LogP contribution in [-0.2, 0) is 0 Å². The van der Waals surface area contributed by atoms with E-state index >= 15 is 4.39 Å². The summed E-state index contributed by atoms with van der Waals surface area (Å²) in [5, 5.41) is 2.75. The lowest BCUT2D eigenvalue weighted by molar-refractivity contribution is 0.640. The van der Waals surface area contributed by atoms with Crippen LogP contribution in [0.15, 0.2) is 91.0 Å². The zero-order valence-electron chi connectivity index (χ0n) is 21.2. The second kappa shape index (κ2) is 8.09. The number of aromatic nitrogens is 8. The third kappa shape index (κ3) is 3.20. The van der Waals surface area contributed by atoms with Gasteiger partial charge >= 0.3 is 0 Å². The second-order valence-electron chi connectivity index (χ2n) is 9.91. The lowest BCUT2D eigenvalue weighted by Gasteiger charge is -1.96. The van der Waals surface area contributed by atoms with E-state index < -0.39 is 5.82 Å². The van der Waals surface area contributed by atoms with Gasteiger partial charge in [0.25, 0.3) is 0 Å². The van der Waals surface area contributed by atoms with Crippen LogP contribution < -0.4 is 0 Å². The van der Waals surface area contributed by atoms with Gasteiger partial charge < -0.3 is 9.97 Å². The van der Waals surface area contributed by atoms with Crippen molar-refractivity contribution in [3.8, 4) is 45.6 Å². The second-order valence-corrected chi connectivity index (χ2v) is 9.91. The molecule has 0 unspecified atom stereocenters. The van der Waals surface area contributed by atoms with Gasteiger partial charge in [0.1, 0.15) is 28.4 Å². The van der Waals surface area contributed by atoms with Gasteiger partial charge in [0, 0.05) is 38.4 Å². The van der Waals surface area contributed by atoms with Crippen molar-refractivity contribution in [1.29, 1.82) is 0 Å². The molecule has 2 aliphatic heterocycles.